The van der Waals surface area contributed by atoms with E-state index in [9.17, 15) is 0 Å². The van der Waals surface area contributed by atoms with Gasteiger partial charge in [0.05, 0.1) is 18.2 Å². The Kier molecular flexibility index (Phi) is 5.58. The monoisotopic (exact) mass is 372 g/mol. The summed E-state index contributed by atoms with van der Waals surface area (Å²) in [5.74, 6) is 1.05. The molecule has 8 heteroatoms. The Morgan fingerprint density at radius 1 is 1.29 bits per heavy atom. The molecule has 1 heterocycles. The van der Waals surface area contributed by atoms with E-state index in [1.807, 2.05) is 25.1 Å². The number of benzene rings is 1. The molecule has 0 aliphatic carbocycles. The van der Waals surface area contributed by atoms with Gasteiger partial charge >= 0.3 is 6.01 Å². The van der Waals surface area contributed by atoms with Crippen molar-refractivity contribution in [1.29, 1.82) is 0 Å². The standard InChI is InChI=1S/C13H14BrClN4O2/c1-3-6-21-13-18-11(15)17-12(19-13)16-8-4-5-10(20-2)9(14)7-8/h4-5,7H,3,6H2,1-2H3,(H,16,17,18,19). The van der Waals surface area contributed by atoms with E-state index in [0.29, 0.717) is 12.6 Å². The van der Waals surface area contributed by atoms with Crippen LogP contribution in [0.4, 0.5) is 11.6 Å². The van der Waals surface area contributed by atoms with Gasteiger partial charge in [0.2, 0.25) is 11.2 Å². The molecule has 0 saturated carbocycles. The number of aromatic nitrogens is 3. The molecule has 1 aromatic carbocycles. The molecule has 0 unspecified atom stereocenters. The second-order valence-corrected chi connectivity index (χ2v) is 5.23. The summed E-state index contributed by atoms with van der Waals surface area (Å²) in [5, 5.41) is 3.12. The van der Waals surface area contributed by atoms with Crippen LogP contribution in [0.3, 0.4) is 0 Å². The third-order valence-corrected chi connectivity index (χ3v) is 3.22. The molecule has 0 aliphatic heterocycles. The van der Waals surface area contributed by atoms with Crippen LogP contribution >= 0.6 is 27.5 Å². The van der Waals surface area contributed by atoms with Crippen molar-refractivity contribution in [1.82, 2.24) is 15.0 Å². The molecule has 0 amide bonds. The van der Waals surface area contributed by atoms with Crippen LogP contribution in [0.25, 0.3) is 0 Å². The van der Waals surface area contributed by atoms with Gasteiger partial charge in [-0.1, -0.05) is 6.92 Å². The maximum absolute atomic E-state index is 5.86. The fourth-order valence-corrected chi connectivity index (χ4v) is 2.21. The van der Waals surface area contributed by atoms with Crippen LogP contribution in [-0.4, -0.2) is 28.7 Å². The SMILES string of the molecule is CCCOc1nc(Cl)nc(Nc2ccc(OC)c(Br)c2)n1. The van der Waals surface area contributed by atoms with Crippen molar-refractivity contribution in [2.45, 2.75) is 13.3 Å². The minimum absolute atomic E-state index is 0.0752. The smallest absolute Gasteiger partial charge is 0.322 e. The van der Waals surface area contributed by atoms with Crippen molar-refractivity contribution < 1.29 is 9.47 Å². The molecule has 0 bridgehead atoms. The zero-order chi connectivity index (χ0) is 15.2. The maximum Gasteiger partial charge on any atom is 0.322 e. The minimum atomic E-state index is 0.0752. The van der Waals surface area contributed by atoms with Gasteiger partial charge < -0.3 is 14.8 Å². The maximum atomic E-state index is 5.86. The van der Waals surface area contributed by atoms with E-state index < -0.39 is 0 Å². The van der Waals surface area contributed by atoms with Gasteiger partial charge in [0, 0.05) is 5.69 Å². The van der Waals surface area contributed by atoms with Gasteiger partial charge in [-0.2, -0.15) is 15.0 Å². The summed E-state index contributed by atoms with van der Waals surface area (Å²) in [4.78, 5) is 12.1. The Balaban J connectivity index is 2.18. The number of nitrogens with zero attached hydrogens (tertiary/aromatic N) is 3. The van der Waals surface area contributed by atoms with E-state index in [-0.39, 0.29) is 11.3 Å². The lowest BCUT2D eigenvalue weighted by Crippen LogP contribution is -2.05. The van der Waals surface area contributed by atoms with Crippen LogP contribution in [0.5, 0.6) is 11.8 Å². The molecule has 21 heavy (non-hydrogen) atoms. The third kappa shape index (κ3) is 4.44. The fourth-order valence-electron chi connectivity index (χ4n) is 1.52. The number of hydrogen-bond donors (Lipinski definition) is 1. The summed E-state index contributed by atoms with van der Waals surface area (Å²) in [5.41, 5.74) is 0.784. The van der Waals surface area contributed by atoms with E-state index in [2.05, 4.69) is 36.2 Å². The highest BCUT2D eigenvalue weighted by molar-refractivity contribution is 9.10. The molecule has 0 fully saturated rings. The van der Waals surface area contributed by atoms with Crippen LogP contribution in [0.2, 0.25) is 5.28 Å². The number of halogens is 2. The zero-order valence-corrected chi connectivity index (χ0v) is 13.9. The molecule has 2 aromatic rings. The van der Waals surface area contributed by atoms with E-state index in [1.165, 1.54) is 0 Å². The second kappa shape index (κ2) is 7.42. The lowest BCUT2D eigenvalue weighted by atomic mass is 10.3. The first-order chi connectivity index (χ1) is 10.1. The van der Waals surface area contributed by atoms with E-state index >= 15 is 0 Å². The highest BCUT2D eigenvalue weighted by Gasteiger charge is 2.08. The Labute approximate surface area is 136 Å². The molecule has 1 N–H and O–H groups in total. The van der Waals surface area contributed by atoms with Crippen molar-refractivity contribution in [2.75, 3.05) is 19.0 Å². The van der Waals surface area contributed by atoms with E-state index in [0.717, 1.165) is 22.3 Å². The first-order valence-electron chi connectivity index (χ1n) is 6.27. The van der Waals surface area contributed by atoms with Gasteiger partial charge in [0.15, 0.2) is 0 Å². The van der Waals surface area contributed by atoms with Crippen molar-refractivity contribution in [3.8, 4) is 11.8 Å². The van der Waals surface area contributed by atoms with Gasteiger partial charge in [0.1, 0.15) is 5.75 Å². The molecule has 6 nitrogen and oxygen atoms in total. The average Bonchev–Trinajstić information content (AvgIpc) is 2.45. The van der Waals surface area contributed by atoms with E-state index in [4.69, 9.17) is 21.1 Å². The summed E-state index contributed by atoms with van der Waals surface area (Å²) in [6, 6.07) is 5.72. The minimum Gasteiger partial charge on any atom is -0.496 e. The number of nitrogens with one attached hydrogen (secondary N) is 1. The Morgan fingerprint density at radius 2 is 2.10 bits per heavy atom. The Bertz CT molecular complexity index is 627. The molecule has 112 valence electrons. The van der Waals surface area contributed by atoms with Crippen molar-refractivity contribution >= 4 is 39.2 Å². The summed E-state index contributed by atoms with van der Waals surface area (Å²) in [6.45, 7) is 2.52. The van der Waals surface area contributed by atoms with Crippen LogP contribution < -0.4 is 14.8 Å². The molecular formula is C13H14BrClN4O2. The van der Waals surface area contributed by atoms with Crippen LogP contribution in [-0.2, 0) is 0 Å². The lowest BCUT2D eigenvalue weighted by Gasteiger charge is -2.09. The summed E-state index contributed by atoms with van der Waals surface area (Å²) in [6.07, 6.45) is 0.859. The van der Waals surface area contributed by atoms with Gasteiger partial charge in [-0.15, -0.1) is 0 Å². The van der Waals surface area contributed by atoms with Crippen LogP contribution in [0.1, 0.15) is 13.3 Å². The van der Waals surface area contributed by atoms with Crippen LogP contribution in [0.15, 0.2) is 22.7 Å². The third-order valence-electron chi connectivity index (χ3n) is 2.43. The Hall–Kier alpha value is -1.60. The normalized spacial score (nSPS) is 10.3. The second-order valence-electron chi connectivity index (χ2n) is 4.03. The zero-order valence-electron chi connectivity index (χ0n) is 11.6. The molecule has 0 saturated heterocycles. The topological polar surface area (TPSA) is 69.2 Å². The first kappa shape index (κ1) is 15.8. The van der Waals surface area contributed by atoms with Crippen LogP contribution in [0, 0.1) is 0 Å². The highest BCUT2D eigenvalue weighted by Crippen LogP contribution is 2.28. The predicted molar refractivity (Wildman–Crippen MR) is 84.6 cm³/mol. The molecule has 0 spiro atoms. The Morgan fingerprint density at radius 3 is 2.76 bits per heavy atom. The van der Waals surface area contributed by atoms with Gasteiger partial charge in [0.25, 0.3) is 0 Å². The predicted octanol–water partition coefficient (Wildman–Crippen LogP) is 3.83. The summed E-state index contributed by atoms with van der Waals surface area (Å²) < 4.78 is 11.4. The van der Waals surface area contributed by atoms with Crippen molar-refractivity contribution in [3.63, 3.8) is 0 Å². The highest BCUT2D eigenvalue weighted by atomic mass is 79.9. The van der Waals surface area contributed by atoms with E-state index in [1.54, 1.807) is 7.11 Å². The summed E-state index contributed by atoms with van der Waals surface area (Å²) >= 11 is 9.28. The molecule has 0 atom stereocenters. The number of ether oxygens (including phenoxy) is 2. The molecule has 2 rings (SSSR count). The molecule has 0 aliphatic rings. The van der Waals surface area contributed by atoms with Crippen molar-refractivity contribution in [3.05, 3.63) is 28.0 Å². The molecule has 1 aromatic heterocycles. The quantitative estimate of drug-likeness (QED) is 0.830. The lowest BCUT2D eigenvalue weighted by molar-refractivity contribution is 0.292. The summed E-state index contributed by atoms with van der Waals surface area (Å²) in [7, 11) is 1.61. The fraction of sp³-hybridized carbons (Fsp3) is 0.308. The number of methoxy groups -OCH3 is 1. The molecular weight excluding hydrogens is 360 g/mol. The number of rotatable bonds is 6. The average molecular weight is 374 g/mol. The van der Waals surface area contributed by atoms with Gasteiger partial charge in [-0.3, -0.25) is 0 Å². The largest absolute Gasteiger partial charge is 0.496 e. The van der Waals surface area contributed by atoms with Gasteiger partial charge in [-0.05, 0) is 52.2 Å². The first-order valence-corrected chi connectivity index (χ1v) is 7.44. The number of anilines is 2. The molecule has 0 radical (unpaired) electrons. The van der Waals surface area contributed by atoms with Gasteiger partial charge in [-0.25, -0.2) is 0 Å². The van der Waals surface area contributed by atoms with Crippen molar-refractivity contribution in [2.24, 2.45) is 0 Å². The number of hydrogen-bond acceptors (Lipinski definition) is 6.